The zero-order valence-corrected chi connectivity index (χ0v) is 11.3. The number of carbonyl (C=O) groups is 1. The van der Waals surface area contributed by atoms with Crippen molar-refractivity contribution in [1.82, 2.24) is 4.90 Å². The molecule has 0 aliphatic heterocycles. The first-order chi connectivity index (χ1) is 9.01. The molecule has 1 amide bonds. The Bertz CT molecular complexity index is 449. The molecule has 0 spiro atoms. The number of rotatable bonds is 6. The molecule has 0 aromatic heterocycles. The number of carbonyl (C=O) groups excluding carboxylic acids is 1. The summed E-state index contributed by atoms with van der Waals surface area (Å²) in [6.45, 7) is 2.36. The minimum absolute atomic E-state index is 0.129. The summed E-state index contributed by atoms with van der Waals surface area (Å²) in [4.78, 5) is 13.5. The zero-order chi connectivity index (χ0) is 14.3. The van der Waals surface area contributed by atoms with Crippen LogP contribution in [0.4, 0.5) is 5.69 Å². The molecule has 19 heavy (non-hydrogen) atoms. The van der Waals surface area contributed by atoms with Gasteiger partial charge in [0.05, 0.1) is 25.1 Å². The predicted molar refractivity (Wildman–Crippen MR) is 73.6 cm³/mol. The Kier molecular flexibility index (Phi) is 6.00. The van der Waals surface area contributed by atoms with Crippen molar-refractivity contribution in [2.45, 2.75) is 19.4 Å². The molecule has 5 nitrogen and oxygen atoms in total. The number of benzene rings is 1. The summed E-state index contributed by atoms with van der Waals surface area (Å²) in [5.74, 6) is -0.129. The van der Waals surface area contributed by atoms with Crippen LogP contribution < -0.4 is 5.32 Å². The van der Waals surface area contributed by atoms with E-state index in [1.54, 1.807) is 31.0 Å². The number of likely N-dealkylation sites (N-methyl/N-ethyl adjacent to an activating group) is 1. The predicted octanol–water partition coefficient (Wildman–Crippen LogP) is 1.00. The minimum Gasteiger partial charge on any atom is -0.392 e. The molecule has 5 heteroatoms. The van der Waals surface area contributed by atoms with Gasteiger partial charge in [-0.15, -0.1) is 0 Å². The number of aliphatic hydroxyl groups is 1. The van der Waals surface area contributed by atoms with Gasteiger partial charge in [-0.25, -0.2) is 0 Å². The summed E-state index contributed by atoms with van der Waals surface area (Å²) in [5, 5.41) is 20.5. The fraction of sp³-hybridized carbons (Fsp3) is 0.429. The summed E-state index contributed by atoms with van der Waals surface area (Å²) in [5.41, 5.74) is 1.63. The minimum atomic E-state index is -0.455. The van der Waals surface area contributed by atoms with E-state index in [4.69, 9.17) is 5.26 Å². The highest BCUT2D eigenvalue weighted by atomic mass is 16.3. The van der Waals surface area contributed by atoms with Crippen molar-refractivity contribution < 1.29 is 9.90 Å². The molecule has 0 radical (unpaired) electrons. The van der Waals surface area contributed by atoms with Crippen LogP contribution in [0, 0.1) is 11.3 Å². The Labute approximate surface area is 113 Å². The second-order valence-corrected chi connectivity index (χ2v) is 4.63. The van der Waals surface area contributed by atoms with Crippen molar-refractivity contribution in [3.63, 3.8) is 0 Å². The highest BCUT2D eigenvalue weighted by Crippen LogP contribution is 2.09. The van der Waals surface area contributed by atoms with E-state index in [1.807, 2.05) is 12.1 Å². The van der Waals surface area contributed by atoms with Gasteiger partial charge < -0.3 is 10.4 Å². The summed E-state index contributed by atoms with van der Waals surface area (Å²) in [7, 11) is 1.78. The maximum atomic E-state index is 11.7. The van der Waals surface area contributed by atoms with E-state index in [9.17, 15) is 9.90 Å². The lowest BCUT2D eigenvalue weighted by molar-refractivity contribution is -0.117. The molecule has 1 aromatic carbocycles. The number of aliphatic hydroxyl groups excluding tert-OH is 1. The molecule has 0 heterocycles. The average molecular weight is 261 g/mol. The third-order valence-corrected chi connectivity index (χ3v) is 2.51. The van der Waals surface area contributed by atoms with Crippen LogP contribution in [-0.2, 0) is 11.2 Å². The topological polar surface area (TPSA) is 76.4 Å². The molecular weight excluding hydrogens is 242 g/mol. The maximum Gasteiger partial charge on any atom is 0.238 e. The van der Waals surface area contributed by atoms with E-state index in [0.717, 1.165) is 5.56 Å². The Balaban J connectivity index is 2.46. The quantitative estimate of drug-likeness (QED) is 0.801. The van der Waals surface area contributed by atoms with Gasteiger partial charge in [0.15, 0.2) is 0 Å². The second-order valence-electron chi connectivity index (χ2n) is 4.63. The zero-order valence-electron chi connectivity index (χ0n) is 11.3. The van der Waals surface area contributed by atoms with E-state index >= 15 is 0 Å². The fourth-order valence-corrected chi connectivity index (χ4v) is 1.76. The van der Waals surface area contributed by atoms with Gasteiger partial charge in [0.1, 0.15) is 0 Å². The van der Waals surface area contributed by atoms with Crippen molar-refractivity contribution in [3.8, 4) is 6.07 Å². The smallest absolute Gasteiger partial charge is 0.238 e. The van der Waals surface area contributed by atoms with Crippen molar-refractivity contribution in [2.75, 3.05) is 25.5 Å². The van der Waals surface area contributed by atoms with Gasteiger partial charge in [0, 0.05) is 12.2 Å². The summed E-state index contributed by atoms with van der Waals surface area (Å²) >= 11 is 0. The highest BCUT2D eigenvalue weighted by Gasteiger charge is 2.08. The lowest BCUT2D eigenvalue weighted by Gasteiger charge is -2.17. The summed E-state index contributed by atoms with van der Waals surface area (Å²) in [6.07, 6.45) is -0.0891. The van der Waals surface area contributed by atoms with Crippen LogP contribution in [0.1, 0.15) is 12.5 Å². The van der Waals surface area contributed by atoms with Crippen LogP contribution in [0.2, 0.25) is 0 Å². The number of anilines is 1. The SMILES string of the molecule is CC(O)CN(C)CC(=O)Nc1ccc(CC#N)cc1. The Morgan fingerprint density at radius 1 is 1.47 bits per heavy atom. The average Bonchev–Trinajstić information content (AvgIpc) is 2.30. The van der Waals surface area contributed by atoms with Gasteiger partial charge >= 0.3 is 0 Å². The molecule has 0 aliphatic carbocycles. The Hall–Kier alpha value is -1.90. The van der Waals surface area contributed by atoms with Gasteiger partial charge in [0.2, 0.25) is 5.91 Å². The molecule has 1 rings (SSSR count). The van der Waals surface area contributed by atoms with Crippen LogP contribution in [0.15, 0.2) is 24.3 Å². The molecule has 0 saturated heterocycles. The van der Waals surface area contributed by atoms with E-state index in [2.05, 4.69) is 11.4 Å². The van der Waals surface area contributed by atoms with E-state index in [-0.39, 0.29) is 12.5 Å². The van der Waals surface area contributed by atoms with Crippen LogP contribution in [0.5, 0.6) is 0 Å². The van der Waals surface area contributed by atoms with Gasteiger partial charge in [0.25, 0.3) is 0 Å². The van der Waals surface area contributed by atoms with Gasteiger partial charge in [-0.3, -0.25) is 9.69 Å². The highest BCUT2D eigenvalue weighted by molar-refractivity contribution is 5.92. The lowest BCUT2D eigenvalue weighted by Crippen LogP contribution is -2.34. The molecule has 0 saturated carbocycles. The van der Waals surface area contributed by atoms with Crippen molar-refractivity contribution in [1.29, 1.82) is 5.26 Å². The number of nitrogens with zero attached hydrogens (tertiary/aromatic N) is 2. The first-order valence-electron chi connectivity index (χ1n) is 6.13. The Morgan fingerprint density at radius 3 is 2.63 bits per heavy atom. The van der Waals surface area contributed by atoms with Crippen LogP contribution >= 0.6 is 0 Å². The fourth-order valence-electron chi connectivity index (χ4n) is 1.76. The van der Waals surface area contributed by atoms with Crippen LogP contribution in [-0.4, -0.2) is 42.2 Å². The first kappa shape index (κ1) is 15.2. The molecule has 0 fully saturated rings. The summed E-state index contributed by atoms with van der Waals surface area (Å²) < 4.78 is 0. The summed E-state index contributed by atoms with van der Waals surface area (Å²) in [6, 6.07) is 9.26. The normalized spacial score (nSPS) is 11.9. The Morgan fingerprint density at radius 2 is 2.11 bits per heavy atom. The third-order valence-electron chi connectivity index (χ3n) is 2.51. The number of nitrogens with one attached hydrogen (secondary N) is 1. The van der Waals surface area contributed by atoms with Crippen LogP contribution in [0.3, 0.4) is 0 Å². The number of amides is 1. The van der Waals surface area contributed by atoms with Gasteiger partial charge in [-0.05, 0) is 31.7 Å². The van der Waals surface area contributed by atoms with Gasteiger partial charge in [-0.1, -0.05) is 12.1 Å². The molecule has 0 aliphatic rings. The molecular formula is C14H19N3O2. The molecule has 1 unspecified atom stereocenters. The molecule has 102 valence electrons. The molecule has 0 bridgehead atoms. The van der Waals surface area contributed by atoms with Crippen LogP contribution in [0.25, 0.3) is 0 Å². The lowest BCUT2D eigenvalue weighted by atomic mass is 10.1. The van der Waals surface area contributed by atoms with Crippen molar-refractivity contribution in [2.24, 2.45) is 0 Å². The molecule has 2 N–H and O–H groups in total. The first-order valence-corrected chi connectivity index (χ1v) is 6.13. The van der Waals surface area contributed by atoms with E-state index in [0.29, 0.717) is 18.7 Å². The molecule has 1 aromatic rings. The standard InChI is InChI=1S/C14H19N3O2/c1-11(18)9-17(2)10-14(19)16-13-5-3-12(4-6-13)7-8-15/h3-6,11,18H,7,9-10H2,1-2H3,(H,16,19). The second kappa shape index (κ2) is 7.52. The number of nitriles is 1. The number of hydrogen-bond acceptors (Lipinski definition) is 4. The van der Waals surface area contributed by atoms with E-state index in [1.165, 1.54) is 0 Å². The van der Waals surface area contributed by atoms with E-state index < -0.39 is 6.10 Å². The monoisotopic (exact) mass is 261 g/mol. The largest absolute Gasteiger partial charge is 0.392 e. The van der Waals surface area contributed by atoms with Crippen molar-refractivity contribution >= 4 is 11.6 Å². The van der Waals surface area contributed by atoms with Crippen molar-refractivity contribution in [3.05, 3.63) is 29.8 Å². The van der Waals surface area contributed by atoms with Gasteiger partial charge in [-0.2, -0.15) is 5.26 Å². The molecule has 1 atom stereocenters. The maximum absolute atomic E-state index is 11.7. The number of hydrogen-bond donors (Lipinski definition) is 2. The third kappa shape index (κ3) is 6.00.